The summed E-state index contributed by atoms with van der Waals surface area (Å²) in [4.78, 5) is 13.5. The van der Waals surface area contributed by atoms with Crippen LogP contribution in [0.1, 0.15) is 25.6 Å². The quantitative estimate of drug-likeness (QED) is 0.900. The zero-order valence-corrected chi connectivity index (χ0v) is 10.7. The average molecular weight is 246 g/mol. The van der Waals surface area contributed by atoms with Crippen molar-refractivity contribution in [2.45, 2.75) is 19.9 Å². The van der Waals surface area contributed by atoms with Crippen molar-refractivity contribution in [2.75, 3.05) is 13.1 Å². The second-order valence-corrected chi connectivity index (χ2v) is 4.25. The van der Waals surface area contributed by atoms with Crippen molar-refractivity contribution in [1.82, 2.24) is 4.90 Å². The number of carbonyl (C=O) groups is 1. The number of hydrogen-bond donors (Lipinski definition) is 1. The molecule has 2 aromatic rings. The molecule has 4 heteroatoms. The molecular formula is C14H18N2O2. The Kier molecular flexibility index (Phi) is 3.67. The lowest BCUT2D eigenvalue weighted by Crippen LogP contribution is -2.37. The van der Waals surface area contributed by atoms with Gasteiger partial charge in [-0.2, -0.15) is 0 Å². The molecule has 18 heavy (non-hydrogen) atoms. The highest BCUT2D eigenvalue weighted by molar-refractivity contribution is 5.80. The van der Waals surface area contributed by atoms with E-state index in [1.165, 1.54) is 0 Å². The van der Waals surface area contributed by atoms with Gasteiger partial charge >= 0.3 is 0 Å². The lowest BCUT2D eigenvalue weighted by atomic mass is 10.2. The number of rotatable bonds is 4. The maximum atomic E-state index is 11.7. The van der Waals surface area contributed by atoms with Crippen molar-refractivity contribution >= 4 is 16.9 Å². The SMILES string of the molecule is CCN(C(=O)CN)C(C)c1cc2ccccc2o1. The first-order valence-electron chi connectivity index (χ1n) is 6.15. The van der Waals surface area contributed by atoms with Gasteiger partial charge in [0, 0.05) is 11.9 Å². The molecule has 0 aliphatic carbocycles. The number of amides is 1. The van der Waals surface area contributed by atoms with E-state index in [2.05, 4.69) is 0 Å². The van der Waals surface area contributed by atoms with Gasteiger partial charge in [0.15, 0.2) is 0 Å². The molecule has 0 saturated heterocycles. The summed E-state index contributed by atoms with van der Waals surface area (Å²) >= 11 is 0. The van der Waals surface area contributed by atoms with Gasteiger partial charge in [-0.05, 0) is 26.0 Å². The van der Waals surface area contributed by atoms with Gasteiger partial charge in [0.25, 0.3) is 0 Å². The summed E-state index contributed by atoms with van der Waals surface area (Å²) in [7, 11) is 0. The highest BCUT2D eigenvalue weighted by atomic mass is 16.3. The second-order valence-electron chi connectivity index (χ2n) is 4.25. The van der Waals surface area contributed by atoms with Crippen LogP contribution in [0.2, 0.25) is 0 Å². The van der Waals surface area contributed by atoms with E-state index in [1.54, 1.807) is 4.90 Å². The number of nitrogens with two attached hydrogens (primary N) is 1. The summed E-state index contributed by atoms with van der Waals surface area (Å²) < 4.78 is 5.77. The number of hydrogen-bond acceptors (Lipinski definition) is 3. The van der Waals surface area contributed by atoms with Crippen molar-refractivity contribution in [3.8, 4) is 0 Å². The van der Waals surface area contributed by atoms with Gasteiger partial charge in [-0.15, -0.1) is 0 Å². The minimum absolute atomic E-state index is 0.0262. The average Bonchev–Trinajstić information content (AvgIpc) is 2.82. The van der Waals surface area contributed by atoms with Crippen LogP contribution in [0.3, 0.4) is 0 Å². The monoisotopic (exact) mass is 246 g/mol. The number of fused-ring (bicyclic) bond motifs is 1. The Hall–Kier alpha value is -1.81. The van der Waals surface area contributed by atoms with Gasteiger partial charge in [-0.3, -0.25) is 4.79 Å². The summed E-state index contributed by atoms with van der Waals surface area (Å²) in [6, 6.07) is 9.70. The molecule has 1 aromatic carbocycles. The number of para-hydroxylation sites is 1. The highest BCUT2D eigenvalue weighted by Gasteiger charge is 2.21. The predicted molar refractivity (Wildman–Crippen MR) is 71.1 cm³/mol. The molecule has 2 rings (SSSR count). The number of likely N-dealkylation sites (N-methyl/N-ethyl adjacent to an activating group) is 1. The Morgan fingerprint density at radius 2 is 2.17 bits per heavy atom. The van der Waals surface area contributed by atoms with E-state index in [0.717, 1.165) is 16.7 Å². The van der Waals surface area contributed by atoms with Crippen LogP contribution in [0, 0.1) is 0 Å². The number of carbonyl (C=O) groups excluding carboxylic acids is 1. The Labute approximate surface area is 106 Å². The van der Waals surface area contributed by atoms with E-state index in [4.69, 9.17) is 10.2 Å². The third-order valence-corrected chi connectivity index (χ3v) is 3.16. The minimum atomic E-state index is -0.0987. The summed E-state index contributed by atoms with van der Waals surface area (Å²) in [5.74, 6) is 0.727. The molecule has 0 radical (unpaired) electrons. The fourth-order valence-electron chi connectivity index (χ4n) is 2.15. The van der Waals surface area contributed by atoms with E-state index in [0.29, 0.717) is 6.54 Å². The Morgan fingerprint density at radius 1 is 1.44 bits per heavy atom. The topological polar surface area (TPSA) is 59.5 Å². The summed E-state index contributed by atoms with van der Waals surface area (Å²) in [6.07, 6.45) is 0. The fourth-order valence-corrected chi connectivity index (χ4v) is 2.15. The van der Waals surface area contributed by atoms with E-state index < -0.39 is 0 Å². The summed E-state index contributed by atoms with van der Waals surface area (Å²) in [6.45, 7) is 4.54. The van der Waals surface area contributed by atoms with E-state index >= 15 is 0 Å². The standard InChI is InChI=1S/C14H18N2O2/c1-3-16(14(17)9-15)10(2)13-8-11-6-4-5-7-12(11)18-13/h4-8,10H,3,9,15H2,1-2H3. The molecular weight excluding hydrogens is 228 g/mol. The molecule has 0 aliphatic rings. The van der Waals surface area contributed by atoms with Gasteiger partial charge < -0.3 is 15.1 Å². The minimum Gasteiger partial charge on any atom is -0.459 e. The number of benzene rings is 1. The molecule has 1 unspecified atom stereocenters. The summed E-state index contributed by atoms with van der Waals surface area (Å²) in [5.41, 5.74) is 6.26. The molecule has 4 nitrogen and oxygen atoms in total. The van der Waals surface area contributed by atoms with Crippen LogP contribution in [-0.2, 0) is 4.79 Å². The van der Waals surface area contributed by atoms with Gasteiger partial charge in [-0.25, -0.2) is 0 Å². The normalized spacial score (nSPS) is 12.6. The highest BCUT2D eigenvalue weighted by Crippen LogP contribution is 2.27. The van der Waals surface area contributed by atoms with E-state index in [9.17, 15) is 4.79 Å². The van der Waals surface area contributed by atoms with Crippen molar-refractivity contribution in [3.05, 3.63) is 36.1 Å². The molecule has 96 valence electrons. The number of nitrogens with zero attached hydrogens (tertiary/aromatic N) is 1. The van der Waals surface area contributed by atoms with Crippen molar-refractivity contribution in [2.24, 2.45) is 5.73 Å². The number of furan rings is 1. The zero-order valence-electron chi connectivity index (χ0n) is 10.7. The molecule has 0 fully saturated rings. The van der Waals surface area contributed by atoms with Gasteiger partial charge in [0.1, 0.15) is 11.3 Å². The molecule has 1 aromatic heterocycles. The van der Waals surface area contributed by atoms with Crippen LogP contribution < -0.4 is 5.73 Å². The van der Waals surface area contributed by atoms with Crippen LogP contribution in [0.15, 0.2) is 34.7 Å². The van der Waals surface area contributed by atoms with Crippen molar-refractivity contribution in [1.29, 1.82) is 0 Å². The van der Waals surface area contributed by atoms with Crippen molar-refractivity contribution < 1.29 is 9.21 Å². The van der Waals surface area contributed by atoms with Gasteiger partial charge in [0.05, 0.1) is 12.6 Å². The van der Waals surface area contributed by atoms with Crippen LogP contribution >= 0.6 is 0 Å². The Morgan fingerprint density at radius 3 is 2.78 bits per heavy atom. The van der Waals surface area contributed by atoms with Crippen molar-refractivity contribution in [3.63, 3.8) is 0 Å². The first-order chi connectivity index (χ1) is 8.67. The molecule has 0 bridgehead atoms. The maximum Gasteiger partial charge on any atom is 0.236 e. The lowest BCUT2D eigenvalue weighted by Gasteiger charge is -2.26. The maximum absolute atomic E-state index is 11.7. The molecule has 0 saturated carbocycles. The molecule has 0 aliphatic heterocycles. The third-order valence-electron chi connectivity index (χ3n) is 3.16. The molecule has 1 atom stereocenters. The molecule has 1 heterocycles. The Balaban J connectivity index is 2.31. The fraction of sp³-hybridized carbons (Fsp3) is 0.357. The van der Waals surface area contributed by atoms with Crippen LogP contribution in [0.4, 0.5) is 0 Å². The smallest absolute Gasteiger partial charge is 0.236 e. The second kappa shape index (κ2) is 5.23. The third kappa shape index (κ3) is 2.24. The molecule has 0 spiro atoms. The molecule has 1 amide bonds. The predicted octanol–water partition coefficient (Wildman–Crippen LogP) is 2.30. The molecule has 2 N–H and O–H groups in total. The summed E-state index contributed by atoms with van der Waals surface area (Å²) in [5, 5.41) is 1.05. The zero-order chi connectivity index (χ0) is 13.1. The van der Waals surface area contributed by atoms with Gasteiger partial charge in [0.2, 0.25) is 5.91 Å². The Bertz CT molecular complexity index is 514. The van der Waals surface area contributed by atoms with Gasteiger partial charge in [-0.1, -0.05) is 18.2 Å². The van der Waals surface area contributed by atoms with Crippen LogP contribution in [-0.4, -0.2) is 23.9 Å². The van der Waals surface area contributed by atoms with Crippen LogP contribution in [0.25, 0.3) is 11.0 Å². The van der Waals surface area contributed by atoms with E-state index in [1.807, 2.05) is 44.2 Å². The van der Waals surface area contributed by atoms with E-state index in [-0.39, 0.29) is 18.5 Å². The first kappa shape index (κ1) is 12.6. The van der Waals surface area contributed by atoms with Crippen LogP contribution in [0.5, 0.6) is 0 Å². The lowest BCUT2D eigenvalue weighted by molar-refractivity contribution is -0.131. The first-order valence-corrected chi connectivity index (χ1v) is 6.15. The largest absolute Gasteiger partial charge is 0.459 e.